The predicted octanol–water partition coefficient (Wildman–Crippen LogP) is 3.62. The molecule has 4 heteroatoms. The number of halogens is 1. The Labute approximate surface area is 125 Å². The molecular formula is C16H13BrO3. The van der Waals surface area contributed by atoms with Crippen LogP contribution < -0.4 is 0 Å². The molecule has 0 amide bonds. The average Bonchev–Trinajstić information content (AvgIpc) is 2.53. The number of hydrogen-bond acceptors (Lipinski definition) is 3. The fraction of sp³-hybridized carbons (Fsp3) is 0.125. The monoisotopic (exact) mass is 332 g/mol. The molecule has 20 heavy (non-hydrogen) atoms. The second-order valence-corrected chi connectivity index (χ2v) is 4.76. The first-order valence-corrected chi connectivity index (χ1v) is 7.23. The molecule has 0 radical (unpaired) electrons. The minimum absolute atomic E-state index is 0.0258. The van der Waals surface area contributed by atoms with Crippen LogP contribution in [0.2, 0.25) is 0 Å². The zero-order chi connectivity index (χ0) is 14.4. The summed E-state index contributed by atoms with van der Waals surface area (Å²) in [6.45, 7) is 0.191. The summed E-state index contributed by atoms with van der Waals surface area (Å²) in [5.41, 5.74) is 2.01. The summed E-state index contributed by atoms with van der Waals surface area (Å²) in [4.78, 5) is 23.2. The molecule has 0 aliphatic heterocycles. The van der Waals surface area contributed by atoms with Crippen LogP contribution in [-0.4, -0.2) is 17.1 Å². The van der Waals surface area contributed by atoms with Gasteiger partial charge in [0.2, 0.25) is 0 Å². The van der Waals surface area contributed by atoms with Gasteiger partial charge in [-0.25, -0.2) is 4.79 Å². The molecule has 0 bridgehead atoms. The van der Waals surface area contributed by atoms with E-state index in [1.807, 2.05) is 6.07 Å². The molecule has 3 nitrogen and oxygen atoms in total. The molecule has 0 unspecified atom stereocenters. The summed E-state index contributed by atoms with van der Waals surface area (Å²) >= 11 is 3.13. The van der Waals surface area contributed by atoms with Gasteiger partial charge in [-0.05, 0) is 17.7 Å². The first-order chi connectivity index (χ1) is 9.70. The Bertz CT molecular complexity index is 591. The molecule has 0 N–H and O–H groups in total. The second kappa shape index (κ2) is 7.01. The van der Waals surface area contributed by atoms with Crippen molar-refractivity contribution in [3.63, 3.8) is 0 Å². The molecular weight excluding hydrogens is 320 g/mol. The summed E-state index contributed by atoms with van der Waals surface area (Å²) < 4.78 is 5.21. The van der Waals surface area contributed by atoms with Crippen LogP contribution in [0.25, 0.3) is 0 Å². The third-order valence-electron chi connectivity index (χ3n) is 2.78. The van der Waals surface area contributed by atoms with Gasteiger partial charge >= 0.3 is 5.97 Å². The number of carbonyl (C=O) groups is 2. The number of carbonyl (C=O) groups excluding carboxylic acids is 2. The van der Waals surface area contributed by atoms with Gasteiger partial charge in [-0.1, -0.05) is 58.4 Å². The minimum Gasteiger partial charge on any atom is -0.457 e. The molecule has 0 heterocycles. The Morgan fingerprint density at radius 1 is 0.900 bits per heavy atom. The van der Waals surface area contributed by atoms with Gasteiger partial charge in [-0.3, -0.25) is 4.79 Å². The molecule has 0 aromatic heterocycles. The molecule has 2 aromatic rings. The SMILES string of the molecule is O=C(CBr)c1ccc(COC(=O)c2ccccc2)cc1. The number of Topliss-reactive ketones (excluding diaryl/α,β-unsaturated/α-hetero) is 1. The topological polar surface area (TPSA) is 43.4 Å². The maximum Gasteiger partial charge on any atom is 0.338 e. The van der Waals surface area contributed by atoms with E-state index < -0.39 is 0 Å². The summed E-state index contributed by atoms with van der Waals surface area (Å²) in [5, 5.41) is 0.301. The Hall–Kier alpha value is -1.94. The molecule has 0 aliphatic carbocycles. The standard InChI is InChI=1S/C16H13BrO3/c17-10-15(18)13-8-6-12(7-9-13)11-20-16(19)14-4-2-1-3-5-14/h1-9H,10-11H2. The van der Waals surface area contributed by atoms with Gasteiger partial charge in [0.05, 0.1) is 10.9 Å². The molecule has 0 atom stereocenters. The summed E-state index contributed by atoms with van der Waals surface area (Å²) in [7, 11) is 0. The zero-order valence-corrected chi connectivity index (χ0v) is 12.3. The number of esters is 1. The van der Waals surface area contributed by atoms with E-state index in [-0.39, 0.29) is 18.4 Å². The fourth-order valence-electron chi connectivity index (χ4n) is 1.67. The van der Waals surface area contributed by atoms with Crippen LogP contribution in [-0.2, 0) is 11.3 Å². The lowest BCUT2D eigenvalue weighted by Crippen LogP contribution is -2.05. The van der Waals surface area contributed by atoms with Crippen molar-refractivity contribution in [2.75, 3.05) is 5.33 Å². The highest BCUT2D eigenvalue weighted by Gasteiger charge is 2.07. The van der Waals surface area contributed by atoms with Crippen molar-refractivity contribution in [2.24, 2.45) is 0 Å². The van der Waals surface area contributed by atoms with E-state index in [1.165, 1.54) is 0 Å². The Morgan fingerprint density at radius 2 is 1.55 bits per heavy atom. The number of ketones is 1. The van der Waals surface area contributed by atoms with Gasteiger partial charge in [0.25, 0.3) is 0 Å². The third kappa shape index (κ3) is 3.78. The number of hydrogen-bond donors (Lipinski definition) is 0. The largest absolute Gasteiger partial charge is 0.457 e. The van der Waals surface area contributed by atoms with Crippen molar-refractivity contribution < 1.29 is 14.3 Å². The smallest absolute Gasteiger partial charge is 0.338 e. The highest BCUT2D eigenvalue weighted by molar-refractivity contribution is 9.09. The summed E-state index contributed by atoms with van der Waals surface area (Å²) in [5.74, 6) is -0.330. The molecule has 2 aromatic carbocycles. The normalized spacial score (nSPS) is 10.1. The van der Waals surface area contributed by atoms with Crippen LogP contribution in [0, 0.1) is 0 Å². The van der Waals surface area contributed by atoms with E-state index in [9.17, 15) is 9.59 Å². The van der Waals surface area contributed by atoms with Crippen molar-refractivity contribution in [1.29, 1.82) is 0 Å². The van der Waals surface area contributed by atoms with E-state index in [2.05, 4.69) is 15.9 Å². The third-order valence-corrected chi connectivity index (χ3v) is 3.29. The van der Waals surface area contributed by atoms with Gasteiger partial charge < -0.3 is 4.74 Å². The van der Waals surface area contributed by atoms with Gasteiger partial charge in [-0.15, -0.1) is 0 Å². The lowest BCUT2D eigenvalue weighted by molar-refractivity contribution is 0.0472. The average molecular weight is 333 g/mol. The van der Waals surface area contributed by atoms with Gasteiger partial charge in [0.1, 0.15) is 6.61 Å². The Balaban J connectivity index is 1.94. The van der Waals surface area contributed by atoms with Crippen LogP contribution in [0.4, 0.5) is 0 Å². The maximum atomic E-state index is 11.8. The van der Waals surface area contributed by atoms with Crippen molar-refractivity contribution in [1.82, 2.24) is 0 Å². The van der Waals surface area contributed by atoms with Crippen LogP contribution in [0.1, 0.15) is 26.3 Å². The number of rotatable bonds is 5. The molecule has 102 valence electrons. The van der Waals surface area contributed by atoms with E-state index in [0.717, 1.165) is 5.56 Å². The van der Waals surface area contributed by atoms with E-state index in [0.29, 0.717) is 16.5 Å². The molecule has 0 fully saturated rings. The first-order valence-electron chi connectivity index (χ1n) is 6.11. The highest BCUT2D eigenvalue weighted by atomic mass is 79.9. The van der Waals surface area contributed by atoms with E-state index in [1.54, 1.807) is 48.5 Å². The minimum atomic E-state index is -0.355. The molecule has 0 saturated heterocycles. The molecule has 0 saturated carbocycles. The fourth-order valence-corrected chi connectivity index (χ4v) is 1.99. The number of benzene rings is 2. The van der Waals surface area contributed by atoms with Crippen LogP contribution in [0.3, 0.4) is 0 Å². The van der Waals surface area contributed by atoms with Crippen molar-refractivity contribution >= 4 is 27.7 Å². The maximum absolute atomic E-state index is 11.8. The lowest BCUT2D eigenvalue weighted by atomic mass is 10.1. The second-order valence-electron chi connectivity index (χ2n) is 4.20. The molecule has 2 rings (SSSR count). The highest BCUT2D eigenvalue weighted by Crippen LogP contribution is 2.09. The Morgan fingerprint density at radius 3 is 2.15 bits per heavy atom. The van der Waals surface area contributed by atoms with Gasteiger partial charge in [0.15, 0.2) is 5.78 Å². The zero-order valence-electron chi connectivity index (χ0n) is 10.7. The van der Waals surface area contributed by atoms with E-state index >= 15 is 0 Å². The van der Waals surface area contributed by atoms with Gasteiger partial charge in [-0.2, -0.15) is 0 Å². The van der Waals surface area contributed by atoms with Crippen molar-refractivity contribution in [3.8, 4) is 0 Å². The lowest BCUT2D eigenvalue weighted by Gasteiger charge is -2.05. The van der Waals surface area contributed by atoms with Gasteiger partial charge in [0, 0.05) is 5.56 Å². The first kappa shape index (κ1) is 14.5. The van der Waals surface area contributed by atoms with Crippen LogP contribution in [0.15, 0.2) is 54.6 Å². The number of ether oxygens (including phenoxy) is 1. The number of alkyl halides is 1. The van der Waals surface area contributed by atoms with E-state index in [4.69, 9.17) is 4.74 Å². The van der Waals surface area contributed by atoms with Crippen molar-refractivity contribution in [2.45, 2.75) is 6.61 Å². The van der Waals surface area contributed by atoms with Crippen LogP contribution in [0.5, 0.6) is 0 Å². The predicted molar refractivity (Wildman–Crippen MR) is 80.1 cm³/mol. The molecule has 0 aliphatic rings. The summed E-state index contributed by atoms with van der Waals surface area (Å²) in [6, 6.07) is 15.9. The molecule has 0 spiro atoms. The van der Waals surface area contributed by atoms with Crippen LogP contribution >= 0.6 is 15.9 Å². The quantitative estimate of drug-likeness (QED) is 0.477. The van der Waals surface area contributed by atoms with Crippen molar-refractivity contribution in [3.05, 3.63) is 71.3 Å². The Kier molecular flexibility index (Phi) is 5.07. The summed E-state index contributed by atoms with van der Waals surface area (Å²) in [6.07, 6.45) is 0.